The highest BCUT2D eigenvalue weighted by Gasteiger charge is 2.22. The molecule has 0 saturated carbocycles. The minimum absolute atomic E-state index is 0.0104. The van der Waals surface area contributed by atoms with E-state index in [1.165, 1.54) is 28.1 Å². The average molecular weight is 1490 g/mol. The maximum absolute atomic E-state index is 9.94. The Bertz CT molecular complexity index is 3660. The molecule has 9 aromatic heterocycles. The van der Waals surface area contributed by atoms with Gasteiger partial charge in [-0.05, 0) is 0 Å². The number of aliphatic hydroxyl groups is 12. The third-order valence-electron chi connectivity index (χ3n) is 14.7. The number of rotatable bonds is 56. The van der Waals surface area contributed by atoms with Gasteiger partial charge < -0.3 is 104 Å². The van der Waals surface area contributed by atoms with Gasteiger partial charge in [0.2, 0.25) is 0 Å². The summed E-state index contributed by atoms with van der Waals surface area (Å²) in [6.07, 6.45) is 5.57. The highest BCUT2D eigenvalue weighted by Crippen LogP contribution is 2.14. The molecule has 9 aromatic rings. The van der Waals surface area contributed by atoms with Crippen LogP contribution < -0.4 is 0 Å². The molecule has 578 valence electrons. The van der Waals surface area contributed by atoms with Gasteiger partial charge in [0.15, 0.2) is 0 Å². The van der Waals surface area contributed by atoms with Gasteiger partial charge in [-0.25, -0.2) is 42.1 Å². The maximum atomic E-state index is 9.94. The summed E-state index contributed by atoms with van der Waals surface area (Å²) in [6.45, 7) is -2.26. The molecular weight excluding hydrogens is 1400 g/mol. The van der Waals surface area contributed by atoms with Crippen LogP contribution in [-0.2, 0) is 161 Å². The predicted octanol–water partition coefficient (Wildman–Crippen LogP) is -9.15. The lowest BCUT2D eigenvalue weighted by molar-refractivity contribution is -0.0744. The molecule has 9 heterocycles. The largest absolute Gasteiger partial charge is 0.394 e. The lowest BCUT2D eigenvalue weighted by Crippen LogP contribution is -2.26. The average Bonchev–Trinajstić information content (AvgIpc) is 1.76. The fraction of sp³-hybridized carbons (Fsp3) is 0.684. The minimum atomic E-state index is -1.04. The van der Waals surface area contributed by atoms with E-state index in [1.807, 2.05) is 0 Å². The Hall–Kier alpha value is -8.58. The zero-order chi connectivity index (χ0) is 74.1. The molecule has 0 aliphatic rings. The van der Waals surface area contributed by atoms with E-state index in [-0.39, 0.29) is 151 Å². The standard InChI is InChI=1S/C57H89N27O21/c85-19-48(91)10-76-1-39(58-67-76)25-97-34-54(102-30-44-6-79(70-63-44)13-51(94)22-88)16-82-4-42(61-73-82)28-100-37-57(105-33-47-9-84(75-66-47)18-56(104-32-46-8-81(72-65-46)15-53(96)24-90)36-99-27-41-3-78(69-60-41)12-50(93)21-87)38-101-29-43-5-83(74-62-43)17-55(103-31-45-7-80(71-64-45)14-52(95)23-89)35-98-26-40-2-77(68-59-40)11-49(92)20-86/h1-9,48-57,85-96H,10-38H2. The Morgan fingerprint density at radius 3 is 0.552 bits per heavy atom. The first-order valence-corrected chi connectivity index (χ1v) is 33.2. The first kappa shape index (κ1) is 80.5. The second kappa shape index (κ2) is 43.1. The molecule has 0 radical (unpaired) electrons. The molecule has 105 heavy (non-hydrogen) atoms. The number of aliphatic hydroxyl groups excluding tert-OH is 12. The quantitative estimate of drug-likeness (QED) is 0.0168. The van der Waals surface area contributed by atoms with E-state index in [0.29, 0.717) is 51.2 Å². The van der Waals surface area contributed by atoms with Crippen LogP contribution in [0.1, 0.15) is 51.2 Å². The second-order valence-corrected chi connectivity index (χ2v) is 24.2. The summed E-state index contributed by atoms with van der Waals surface area (Å²) in [4.78, 5) is 0. The summed E-state index contributed by atoms with van der Waals surface area (Å²) in [5.74, 6) is 0. The van der Waals surface area contributed by atoms with Crippen molar-refractivity contribution in [1.29, 1.82) is 0 Å². The third-order valence-corrected chi connectivity index (χ3v) is 14.7. The van der Waals surface area contributed by atoms with Gasteiger partial charge >= 0.3 is 0 Å². The molecule has 0 aliphatic heterocycles. The molecular formula is C57H89N27O21. The van der Waals surface area contributed by atoms with E-state index in [9.17, 15) is 61.3 Å². The van der Waals surface area contributed by atoms with E-state index in [4.69, 9.17) is 42.6 Å². The van der Waals surface area contributed by atoms with E-state index >= 15 is 0 Å². The van der Waals surface area contributed by atoms with Gasteiger partial charge in [0.25, 0.3) is 0 Å². The molecule has 48 heteroatoms. The highest BCUT2D eigenvalue weighted by molar-refractivity contribution is 4.97. The molecule has 0 bridgehead atoms. The van der Waals surface area contributed by atoms with Crippen LogP contribution in [0.5, 0.6) is 0 Å². The molecule has 0 aliphatic carbocycles. The van der Waals surface area contributed by atoms with Gasteiger partial charge in [0, 0.05) is 0 Å². The van der Waals surface area contributed by atoms with Crippen LogP contribution in [0.2, 0.25) is 0 Å². The van der Waals surface area contributed by atoms with Gasteiger partial charge in [0.1, 0.15) is 75.7 Å². The molecule has 12 N–H and O–H groups in total. The Labute approximate surface area is 596 Å². The maximum Gasteiger partial charge on any atom is 0.108 e. The van der Waals surface area contributed by atoms with Crippen LogP contribution in [0.4, 0.5) is 0 Å². The zero-order valence-electron chi connectivity index (χ0n) is 57.1. The molecule has 0 spiro atoms. The van der Waals surface area contributed by atoms with Crippen molar-refractivity contribution in [3.05, 3.63) is 107 Å². The predicted molar refractivity (Wildman–Crippen MR) is 341 cm³/mol. The number of hydrogen-bond donors (Lipinski definition) is 12. The van der Waals surface area contributed by atoms with Gasteiger partial charge in [-0.2, -0.15) is 0 Å². The molecule has 48 nitrogen and oxygen atoms in total. The summed E-state index contributed by atoms with van der Waals surface area (Å²) in [5.41, 5.74) is 3.98. The van der Waals surface area contributed by atoms with Crippen LogP contribution in [0.15, 0.2) is 55.8 Å². The van der Waals surface area contributed by atoms with Crippen LogP contribution in [0.3, 0.4) is 0 Å². The van der Waals surface area contributed by atoms with Crippen molar-refractivity contribution in [2.24, 2.45) is 0 Å². The van der Waals surface area contributed by atoms with Gasteiger partial charge in [-0.15, -0.1) is 45.9 Å². The van der Waals surface area contributed by atoms with Crippen molar-refractivity contribution < 1.29 is 104 Å². The minimum Gasteiger partial charge on any atom is -0.394 e. The van der Waals surface area contributed by atoms with Crippen LogP contribution in [-0.4, -0.2) is 330 Å². The van der Waals surface area contributed by atoms with Crippen molar-refractivity contribution in [1.82, 2.24) is 135 Å². The van der Waals surface area contributed by atoms with Gasteiger partial charge in [-0.1, -0.05) is 46.9 Å². The van der Waals surface area contributed by atoms with Gasteiger partial charge in [0.05, 0.1) is 283 Å². The summed E-state index contributed by atoms with van der Waals surface area (Å²) < 4.78 is 68.4. The van der Waals surface area contributed by atoms with E-state index in [0.717, 1.165) is 0 Å². The highest BCUT2D eigenvalue weighted by atomic mass is 16.6. The number of nitrogens with zero attached hydrogens (tertiary/aromatic N) is 27. The Morgan fingerprint density at radius 1 is 0.219 bits per heavy atom. The van der Waals surface area contributed by atoms with Gasteiger partial charge in [-0.3, -0.25) is 0 Å². The molecule has 0 fully saturated rings. The fourth-order valence-corrected chi connectivity index (χ4v) is 9.61. The fourth-order valence-electron chi connectivity index (χ4n) is 9.61. The van der Waals surface area contributed by atoms with E-state index in [1.54, 1.807) is 69.8 Å². The third kappa shape index (κ3) is 28.7. The Morgan fingerprint density at radius 2 is 0.371 bits per heavy atom. The Balaban J connectivity index is 0.844. The molecule has 0 aromatic carbocycles. The van der Waals surface area contributed by atoms with Crippen molar-refractivity contribution >= 4 is 0 Å². The van der Waals surface area contributed by atoms with Crippen molar-refractivity contribution in [2.75, 3.05) is 72.7 Å². The monoisotopic (exact) mass is 1490 g/mol. The lowest BCUT2D eigenvalue weighted by Gasteiger charge is -2.18. The van der Waals surface area contributed by atoms with Crippen molar-refractivity contribution in [3.63, 3.8) is 0 Å². The lowest BCUT2D eigenvalue weighted by atomic mass is 10.3. The van der Waals surface area contributed by atoms with Crippen LogP contribution >= 0.6 is 0 Å². The number of aromatic nitrogens is 27. The van der Waals surface area contributed by atoms with Crippen molar-refractivity contribution in [3.8, 4) is 0 Å². The Kier molecular flexibility index (Phi) is 33.1. The number of ether oxygens (including phenoxy) is 9. The van der Waals surface area contributed by atoms with E-state index in [2.05, 4.69) is 92.8 Å². The summed E-state index contributed by atoms with van der Waals surface area (Å²) in [5, 5.41) is 190. The van der Waals surface area contributed by atoms with E-state index < -0.39 is 101 Å². The number of hydrogen-bond acceptors (Lipinski definition) is 39. The zero-order valence-corrected chi connectivity index (χ0v) is 57.1. The first-order chi connectivity index (χ1) is 51.1. The molecule has 9 rings (SSSR count). The normalized spacial score (nSPS) is 15.0. The molecule has 0 amide bonds. The summed E-state index contributed by atoms with van der Waals surface area (Å²) in [7, 11) is 0. The molecule has 0 saturated heterocycles. The van der Waals surface area contributed by atoms with Crippen LogP contribution in [0, 0.1) is 0 Å². The first-order valence-electron chi connectivity index (χ1n) is 33.2. The molecule has 9 unspecified atom stereocenters. The van der Waals surface area contributed by atoms with Crippen molar-refractivity contribution in [2.45, 2.75) is 179 Å². The smallest absolute Gasteiger partial charge is 0.108 e. The summed E-state index contributed by atoms with van der Waals surface area (Å²) in [6, 6.07) is 0. The second-order valence-electron chi connectivity index (χ2n) is 24.2. The topological polar surface area (TPSA) is 602 Å². The SMILES string of the molecule is OCC(O)Cn1cc(COCC(Cn2cc(COCC(COCc3cn(CC(COCc4cn(CC(O)CO)nn4)OCc4cn(CC(O)CO)nn4)nn3)OCc3cn(CC(COCc4cn(CC(O)CO)nn4)OCc4cn(CC(O)CO)nn4)nn3)nn2)OCc2cn(CC(O)CO)nn2)nn1. The molecule has 9 atom stereocenters. The summed E-state index contributed by atoms with van der Waals surface area (Å²) >= 11 is 0. The van der Waals surface area contributed by atoms with Crippen LogP contribution in [0.25, 0.3) is 0 Å².